The summed E-state index contributed by atoms with van der Waals surface area (Å²) in [6, 6.07) is 0. The van der Waals surface area contributed by atoms with Gasteiger partial charge in [-0.15, -0.1) is 0 Å². The molecular formula is C5H12O2S. The van der Waals surface area contributed by atoms with Crippen LogP contribution in [0.15, 0.2) is 0 Å². The molecule has 0 radical (unpaired) electrons. The Bertz CT molecular complexity index is 63.4. The molecule has 0 fully saturated rings. The van der Waals surface area contributed by atoms with Crippen LogP contribution in [0.25, 0.3) is 0 Å². The van der Waals surface area contributed by atoms with Crippen molar-refractivity contribution in [1.82, 2.24) is 0 Å². The zero-order chi connectivity index (χ0) is 5.70. The van der Waals surface area contributed by atoms with Gasteiger partial charge in [0.25, 0.3) is 0 Å². The highest BCUT2D eigenvalue weighted by atomic mass is 32.1. The Morgan fingerprint density at radius 2 is 2.12 bits per heavy atom. The van der Waals surface area contributed by atoms with Crippen LogP contribution in [0.4, 0.5) is 0 Å². The lowest BCUT2D eigenvalue weighted by Crippen LogP contribution is -1.91. The maximum atomic E-state index is 9.76. The molecule has 0 aromatic rings. The van der Waals surface area contributed by atoms with Crippen LogP contribution in [0.2, 0.25) is 0 Å². The number of unbranched alkanes of at least 4 members (excludes halogenated alkanes) is 1. The minimum Gasteiger partial charge on any atom is -0.481 e. The summed E-state index contributed by atoms with van der Waals surface area (Å²) in [5.41, 5.74) is 0. The molecule has 8 heavy (non-hydrogen) atoms. The van der Waals surface area contributed by atoms with E-state index in [0.717, 1.165) is 12.8 Å². The quantitative estimate of drug-likeness (QED) is 0.636. The number of hydrogen-bond acceptors (Lipinski definition) is 1. The zero-order valence-electron chi connectivity index (χ0n) is 4.98. The van der Waals surface area contributed by atoms with Crippen LogP contribution in [0.3, 0.4) is 0 Å². The average Bonchev–Trinajstić information content (AvgIpc) is 1.61. The average molecular weight is 136 g/mol. The number of carboxylic acids is 1. The fourth-order valence-electron chi connectivity index (χ4n) is 0.328. The summed E-state index contributed by atoms with van der Waals surface area (Å²) in [5.74, 6) is -0.693. The molecule has 1 N–H and O–H groups in total. The maximum Gasteiger partial charge on any atom is 0.303 e. The predicted octanol–water partition coefficient (Wildman–Crippen LogP) is 1.37. The Morgan fingerprint density at radius 3 is 2.25 bits per heavy atom. The van der Waals surface area contributed by atoms with Gasteiger partial charge in [-0.1, -0.05) is 13.3 Å². The van der Waals surface area contributed by atoms with Crippen molar-refractivity contribution in [3.63, 3.8) is 0 Å². The van der Waals surface area contributed by atoms with Gasteiger partial charge in [0, 0.05) is 6.42 Å². The molecular weight excluding hydrogens is 124 g/mol. The Morgan fingerprint density at radius 1 is 1.62 bits per heavy atom. The number of carbonyl (C=O) groups is 1. The van der Waals surface area contributed by atoms with Crippen LogP contribution in [0.1, 0.15) is 26.2 Å². The predicted molar refractivity (Wildman–Crippen MR) is 37.5 cm³/mol. The summed E-state index contributed by atoms with van der Waals surface area (Å²) < 4.78 is 0. The first-order valence-electron chi connectivity index (χ1n) is 2.49. The van der Waals surface area contributed by atoms with Crippen molar-refractivity contribution < 1.29 is 9.90 Å². The fourth-order valence-corrected chi connectivity index (χ4v) is 0.328. The smallest absolute Gasteiger partial charge is 0.303 e. The van der Waals surface area contributed by atoms with E-state index in [1.165, 1.54) is 0 Å². The molecule has 0 aromatic heterocycles. The van der Waals surface area contributed by atoms with Crippen molar-refractivity contribution in [3.05, 3.63) is 0 Å². The lowest BCUT2D eigenvalue weighted by Gasteiger charge is -1.85. The molecule has 0 amide bonds. The van der Waals surface area contributed by atoms with Crippen LogP contribution in [0.5, 0.6) is 0 Å². The molecule has 0 atom stereocenters. The van der Waals surface area contributed by atoms with Crippen molar-refractivity contribution in [1.29, 1.82) is 0 Å². The van der Waals surface area contributed by atoms with Gasteiger partial charge in [0.05, 0.1) is 0 Å². The van der Waals surface area contributed by atoms with Crippen LogP contribution < -0.4 is 0 Å². The van der Waals surface area contributed by atoms with E-state index in [4.69, 9.17) is 5.11 Å². The van der Waals surface area contributed by atoms with Crippen molar-refractivity contribution >= 4 is 19.5 Å². The molecule has 0 aliphatic carbocycles. The Balaban J connectivity index is 0. The lowest BCUT2D eigenvalue weighted by atomic mass is 10.3. The maximum absolute atomic E-state index is 9.76. The molecule has 2 nitrogen and oxygen atoms in total. The minimum atomic E-state index is -0.693. The van der Waals surface area contributed by atoms with Gasteiger partial charge >= 0.3 is 5.97 Å². The second-order valence-corrected chi connectivity index (χ2v) is 1.50. The molecule has 0 aliphatic heterocycles. The first kappa shape index (κ1) is 10.7. The Labute approximate surface area is 56.3 Å². The van der Waals surface area contributed by atoms with Gasteiger partial charge in [0.1, 0.15) is 0 Å². The third kappa shape index (κ3) is 9.27. The first-order valence-corrected chi connectivity index (χ1v) is 2.49. The first-order chi connectivity index (χ1) is 3.27. The van der Waals surface area contributed by atoms with E-state index in [0.29, 0.717) is 6.42 Å². The van der Waals surface area contributed by atoms with Gasteiger partial charge in [0.15, 0.2) is 0 Å². The fraction of sp³-hybridized carbons (Fsp3) is 0.800. The molecule has 0 aromatic carbocycles. The molecule has 0 bridgehead atoms. The molecule has 0 unspecified atom stereocenters. The largest absolute Gasteiger partial charge is 0.481 e. The van der Waals surface area contributed by atoms with Gasteiger partial charge in [-0.3, -0.25) is 4.79 Å². The van der Waals surface area contributed by atoms with Gasteiger partial charge in [0.2, 0.25) is 0 Å². The molecule has 50 valence electrons. The van der Waals surface area contributed by atoms with Crippen molar-refractivity contribution in [2.45, 2.75) is 26.2 Å². The monoisotopic (exact) mass is 136 g/mol. The molecule has 0 saturated heterocycles. The zero-order valence-corrected chi connectivity index (χ0v) is 5.98. The molecule has 3 heteroatoms. The van der Waals surface area contributed by atoms with E-state index in [2.05, 4.69) is 0 Å². The van der Waals surface area contributed by atoms with E-state index in [1.807, 2.05) is 6.92 Å². The normalized spacial score (nSPS) is 7.62. The van der Waals surface area contributed by atoms with E-state index < -0.39 is 5.97 Å². The number of aliphatic carboxylic acids is 1. The Hall–Kier alpha value is -0.180. The van der Waals surface area contributed by atoms with E-state index >= 15 is 0 Å². The third-order valence-corrected chi connectivity index (χ3v) is 0.744. The second kappa shape index (κ2) is 6.82. The summed E-state index contributed by atoms with van der Waals surface area (Å²) in [6.45, 7) is 1.98. The van der Waals surface area contributed by atoms with Gasteiger partial charge in [-0.25, -0.2) is 0 Å². The van der Waals surface area contributed by atoms with E-state index in [9.17, 15) is 4.79 Å². The molecule has 0 saturated carbocycles. The molecule has 0 heterocycles. The van der Waals surface area contributed by atoms with Crippen molar-refractivity contribution in [2.24, 2.45) is 0 Å². The highest BCUT2D eigenvalue weighted by Crippen LogP contribution is 1.91. The topological polar surface area (TPSA) is 37.3 Å². The standard InChI is InChI=1S/C5H10O2.H2S/c1-2-3-4-5(6)7;/h2-4H2,1H3,(H,6,7);1H2. The third-order valence-electron chi connectivity index (χ3n) is 0.744. The van der Waals surface area contributed by atoms with Crippen molar-refractivity contribution in [3.8, 4) is 0 Å². The molecule has 0 rings (SSSR count). The van der Waals surface area contributed by atoms with Crippen LogP contribution >= 0.6 is 13.5 Å². The van der Waals surface area contributed by atoms with Crippen LogP contribution in [0, 0.1) is 0 Å². The summed E-state index contributed by atoms with van der Waals surface area (Å²) in [4.78, 5) is 9.76. The lowest BCUT2D eigenvalue weighted by molar-refractivity contribution is -0.137. The van der Waals surface area contributed by atoms with Gasteiger partial charge in [-0.05, 0) is 6.42 Å². The van der Waals surface area contributed by atoms with Crippen LogP contribution in [-0.2, 0) is 4.79 Å². The second-order valence-electron chi connectivity index (χ2n) is 1.50. The summed E-state index contributed by atoms with van der Waals surface area (Å²) in [6.07, 6.45) is 2.08. The molecule has 0 spiro atoms. The highest BCUT2D eigenvalue weighted by molar-refractivity contribution is 7.59. The summed E-state index contributed by atoms with van der Waals surface area (Å²) >= 11 is 0. The van der Waals surface area contributed by atoms with E-state index in [-0.39, 0.29) is 13.5 Å². The van der Waals surface area contributed by atoms with Crippen LogP contribution in [-0.4, -0.2) is 11.1 Å². The number of hydrogen-bond donors (Lipinski definition) is 1. The summed E-state index contributed by atoms with van der Waals surface area (Å²) in [5, 5.41) is 8.04. The Kier molecular flexibility index (Phi) is 9.15. The minimum absolute atomic E-state index is 0. The number of rotatable bonds is 3. The summed E-state index contributed by atoms with van der Waals surface area (Å²) in [7, 11) is 0. The van der Waals surface area contributed by atoms with E-state index in [1.54, 1.807) is 0 Å². The SMILES string of the molecule is CCCCC(=O)O.S. The number of carboxylic acid groups (broad SMARTS) is 1. The molecule has 0 aliphatic rings. The van der Waals surface area contributed by atoms with Gasteiger partial charge < -0.3 is 5.11 Å². The van der Waals surface area contributed by atoms with Gasteiger partial charge in [-0.2, -0.15) is 13.5 Å². The van der Waals surface area contributed by atoms with Crippen molar-refractivity contribution in [2.75, 3.05) is 0 Å². The highest BCUT2D eigenvalue weighted by Gasteiger charge is 1.90.